The van der Waals surface area contributed by atoms with E-state index in [1.165, 1.54) is 5.56 Å². The molecule has 0 saturated carbocycles. The lowest BCUT2D eigenvalue weighted by Gasteiger charge is -2.08. The first-order chi connectivity index (χ1) is 10.1. The van der Waals surface area contributed by atoms with Crippen LogP contribution >= 0.6 is 0 Å². The van der Waals surface area contributed by atoms with E-state index in [1.807, 2.05) is 24.3 Å². The average molecular weight is 278 g/mol. The van der Waals surface area contributed by atoms with Crippen molar-refractivity contribution in [2.45, 2.75) is 19.8 Å². The molecule has 0 unspecified atom stereocenters. The minimum Gasteiger partial charge on any atom is -0.481 e. The molecule has 0 aliphatic heterocycles. The van der Waals surface area contributed by atoms with Gasteiger partial charge in [-0.3, -0.25) is 4.79 Å². The minimum absolute atomic E-state index is 0.0172. The highest BCUT2D eigenvalue weighted by molar-refractivity contribution is 6.09. The highest BCUT2D eigenvalue weighted by atomic mass is 16.5. The van der Waals surface area contributed by atoms with E-state index in [2.05, 4.69) is 19.8 Å². The molecule has 2 aromatic carbocycles. The first kappa shape index (κ1) is 14.9. The molecule has 0 heterocycles. The Morgan fingerprint density at radius 2 is 1.86 bits per heavy atom. The van der Waals surface area contributed by atoms with Crippen molar-refractivity contribution < 1.29 is 9.53 Å². The lowest BCUT2D eigenvalue weighted by atomic mass is 9.98. The molecule has 0 aliphatic rings. The van der Waals surface area contributed by atoms with E-state index in [1.54, 1.807) is 24.3 Å². The lowest BCUT2D eigenvalue weighted by Crippen LogP contribution is -2.02. The van der Waals surface area contributed by atoms with Gasteiger partial charge in [0, 0.05) is 11.1 Å². The second kappa shape index (κ2) is 6.76. The van der Waals surface area contributed by atoms with Gasteiger partial charge in [-0.15, -0.1) is 6.42 Å². The summed E-state index contributed by atoms with van der Waals surface area (Å²) in [5.41, 5.74) is 2.49. The number of ether oxygens (including phenoxy) is 1. The number of rotatable bonds is 5. The van der Waals surface area contributed by atoms with Crippen LogP contribution in [0.25, 0.3) is 0 Å². The Hall–Kier alpha value is -2.53. The third kappa shape index (κ3) is 3.73. The molecule has 0 bridgehead atoms. The highest BCUT2D eigenvalue weighted by Gasteiger charge is 2.10. The van der Waals surface area contributed by atoms with E-state index < -0.39 is 0 Å². The number of terminal acetylenes is 1. The van der Waals surface area contributed by atoms with Gasteiger partial charge in [-0.2, -0.15) is 0 Å². The molecule has 2 rings (SSSR count). The summed E-state index contributed by atoms with van der Waals surface area (Å²) >= 11 is 0. The zero-order chi connectivity index (χ0) is 15.2. The van der Waals surface area contributed by atoms with E-state index in [-0.39, 0.29) is 12.4 Å². The first-order valence-corrected chi connectivity index (χ1v) is 6.93. The third-order valence-corrected chi connectivity index (χ3v) is 3.26. The molecule has 0 atom stereocenters. The first-order valence-electron chi connectivity index (χ1n) is 6.93. The Balaban J connectivity index is 2.21. The average Bonchev–Trinajstić information content (AvgIpc) is 2.52. The zero-order valence-electron chi connectivity index (χ0n) is 12.3. The molecule has 2 aromatic rings. The van der Waals surface area contributed by atoms with Gasteiger partial charge in [0.25, 0.3) is 0 Å². The molecule has 0 amide bonds. The molecule has 0 spiro atoms. The summed E-state index contributed by atoms with van der Waals surface area (Å²) in [7, 11) is 0. The number of carbonyl (C=O) groups is 1. The number of benzene rings is 2. The minimum atomic E-state index is -0.0172. The number of hydrogen-bond acceptors (Lipinski definition) is 2. The second-order valence-electron chi connectivity index (χ2n) is 5.13. The molecule has 0 saturated heterocycles. The summed E-state index contributed by atoms with van der Waals surface area (Å²) in [6, 6.07) is 14.8. The van der Waals surface area contributed by atoms with Gasteiger partial charge in [0.15, 0.2) is 5.78 Å². The van der Waals surface area contributed by atoms with Crippen LogP contribution in [0.2, 0.25) is 0 Å². The molecule has 2 nitrogen and oxygen atoms in total. The predicted octanol–water partition coefficient (Wildman–Crippen LogP) is 4.05. The largest absolute Gasteiger partial charge is 0.481 e. The van der Waals surface area contributed by atoms with E-state index >= 15 is 0 Å². The lowest BCUT2D eigenvalue weighted by molar-refractivity contribution is 0.103. The van der Waals surface area contributed by atoms with Gasteiger partial charge in [-0.25, -0.2) is 0 Å². The van der Waals surface area contributed by atoms with Crippen molar-refractivity contribution in [3.8, 4) is 18.1 Å². The van der Waals surface area contributed by atoms with E-state index in [9.17, 15) is 4.79 Å². The highest BCUT2D eigenvalue weighted by Crippen LogP contribution is 2.19. The van der Waals surface area contributed by atoms with Crippen LogP contribution in [0.1, 0.15) is 41.3 Å². The van der Waals surface area contributed by atoms with Crippen LogP contribution in [0, 0.1) is 12.3 Å². The van der Waals surface area contributed by atoms with Crippen molar-refractivity contribution in [3.05, 3.63) is 65.2 Å². The van der Waals surface area contributed by atoms with Gasteiger partial charge in [0.2, 0.25) is 0 Å². The third-order valence-electron chi connectivity index (χ3n) is 3.26. The van der Waals surface area contributed by atoms with Gasteiger partial charge in [0.05, 0.1) is 0 Å². The molecule has 0 fully saturated rings. The Morgan fingerprint density at radius 3 is 2.48 bits per heavy atom. The summed E-state index contributed by atoms with van der Waals surface area (Å²) in [5, 5.41) is 0. The summed E-state index contributed by atoms with van der Waals surface area (Å²) < 4.78 is 5.34. The fraction of sp³-hybridized carbons (Fsp3) is 0.211. The summed E-state index contributed by atoms with van der Waals surface area (Å²) in [6.07, 6.45) is 5.16. The SMILES string of the molecule is C#CCOc1cccc(C(=O)c2ccc(C(C)C)cc2)c1. The smallest absolute Gasteiger partial charge is 0.193 e. The molecule has 0 N–H and O–H groups in total. The van der Waals surface area contributed by atoms with E-state index in [0.717, 1.165) is 0 Å². The fourth-order valence-electron chi connectivity index (χ4n) is 2.04. The van der Waals surface area contributed by atoms with Crippen LogP contribution in [0.5, 0.6) is 5.75 Å². The van der Waals surface area contributed by atoms with Gasteiger partial charge >= 0.3 is 0 Å². The van der Waals surface area contributed by atoms with E-state index in [0.29, 0.717) is 22.8 Å². The fourth-order valence-corrected chi connectivity index (χ4v) is 2.04. The van der Waals surface area contributed by atoms with Crippen molar-refractivity contribution in [1.29, 1.82) is 0 Å². The predicted molar refractivity (Wildman–Crippen MR) is 84.7 cm³/mol. The van der Waals surface area contributed by atoms with Crippen molar-refractivity contribution in [2.75, 3.05) is 6.61 Å². The Morgan fingerprint density at radius 1 is 1.14 bits per heavy atom. The van der Waals surface area contributed by atoms with Gasteiger partial charge in [-0.1, -0.05) is 56.2 Å². The second-order valence-corrected chi connectivity index (χ2v) is 5.13. The molecular weight excluding hydrogens is 260 g/mol. The molecule has 0 aliphatic carbocycles. The Labute approximate surface area is 125 Å². The number of ketones is 1. The maximum absolute atomic E-state index is 12.5. The zero-order valence-corrected chi connectivity index (χ0v) is 12.3. The standard InChI is InChI=1S/C19H18O2/c1-4-12-21-18-7-5-6-17(13-18)19(20)16-10-8-15(9-11-16)14(2)3/h1,5-11,13-14H,12H2,2-3H3. The molecular formula is C19H18O2. The molecule has 21 heavy (non-hydrogen) atoms. The van der Waals surface area contributed by atoms with Crippen LogP contribution in [0.4, 0.5) is 0 Å². The summed E-state index contributed by atoms with van der Waals surface area (Å²) in [6.45, 7) is 4.45. The summed E-state index contributed by atoms with van der Waals surface area (Å²) in [5.74, 6) is 3.45. The van der Waals surface area contributed by atoms with Crippen molar-refractivity contribution in [1.82, 2.24) is 0 Å². The topological polar surface area (TPSA) is 26.3 Å². The van der Waals surface area contributed by atoms with Crippen molar-refractivity contribution in [2.24, 2.45) is 0 Å². The molecule has 0 aromatic heterocycles. The van der Waals surface area contributed by atoms with E-state index in [4.69, 9.17) is 11.2 Å². The summed E-state index contributed by atoms with van der Waals surface area (Å²) in [4.78, 5) is 12.5. The molecule has 0 radical (unpaired) electrons. The van der Waals surface area contributed by atoms with Crippen LogP contribution < -0.4 is 4.74 Å². The van der Waals surface area contributed by atoms with Crippen molar-refractivity contribution in [3.63, 3.8) is 0 Å². The van der Waals surface area contributed by atoms with Crippen molar-refractivity contribution >= 4 is 5.78 Å². The van der Waals surface area contributed by atoms with Gasteiger partial charge in [0.1, 0.15) is 12.4 Å². The van der Waals surface area contributed by atoms with Gasteiger partial charge < -0.3 is 4.74 Å². The normalized spacial score (nSPS) is 10.2. The van der Waals surface area contributed by atoms with Gasteiger partial charge in [-0.05, 0) is 23.6 Å². The van der Waals surface area contributed by atoms with Crippen LogP contribution in [-0.4, -0.2) is 12.4 Å². The Kier molecular flexibility index (Phi) is 4.79. The maximum Gasteiger partial charge on any atom is 0.193 e. The van der Waals surface area contributed by atoms with Crippen LogP contribution in [0.3, 0.4) is 0 Å². The molecule has 2 heteroatoms. The van der Waals surface area contributed by atoms with Crippen LogP contribution in [0.15, 0.2) is 48.5 Å². The molecule has 106 valence electrons. The van der Waals surface area contributed by atoms with Crippen LogP contribution in [-0.2, 0) is 0 Å². The maximum atomic E-state index is 12.5. The number of hydrogen-bond donors (Lipinski definition) is 0. The number of carbonyl (C=O) groups excluding carboxylic acids is 1. The monoisotopic (exact) mass is 278 g/mol. The quantitative estimate of drug-likeness (QED) is 0.609. The Bertz CT molecular complexity index is 661.